The van der Waals surface area contributed by atoms with Gasteiger partial charge in [0.1, 0.15) is 5.54 Å². The maximum Gasteiger partial charge on any atom is 0.326 e. The molecule has 0 saturated heterocycles. The van der Waals surface area contributed by atoms with Crippen molar-refractivity contribution >= 4 is 5.97 Å². The molecule has 19 heavy (non-hydrogen) atoms. The lowest BCUT2D eigenvalue weighted by Crippen LogP contribution is -2.51. The minimum atomic E-state index is -0.631. The van der Waals surface area contributed by atoms with Crippen molar-refractivity contribution in [3.63, 3.8) is 0 Å². The van der Waals surface area contributed by atoms with E-state index in [4.69, 9.17) is 9.47 Å². The molecule has 1 atom stereocenters. The summed E-state index contributed by atoms with van der Waals surface area (Å²) in [4.78, 5) is 11.9. The average molecular weight is 273 g/mol. The second kappa shape index (κ2) is 11.2. The Morgan fingerprint density at radius 2 is 1.84 bits per heavy atom. The lowest BCUT2D eigenvalue weighted by Gasteiger charge is -2.27. The number of nitrogens with one attached hydrogen (secondary N) is 1. The van der Waals surface area contributed by atoms with Gasteiger partial charge in [-0.2, -0.15) is 0 Å². The van der Waals surface area contributed by atoms with E-state index in [-0.39, 0.29) is 5.97 Å². The molecule has 1 N–H and O–H groups in total. The predicted molar refractivity (Wildman–Crippen MR) is 78.3 cm³/mol. The van der Waals surface area contributed by atoms with E-state index in [9.17, 15) is 4.79 Å². The first-order chi connectivity index (χ1) is 9.10. The monoisotopic (exact) mass is 273 g/mol. The molecule has 0 aromatic carbocycles. The largest absolute Gasteiger partial charge is 0.465 e. The van der Waals surface area contributed by atoms with E-state index in [0.717, 1.165) is 19.6 Å². The molecule has 0 spiro atoms. The summed E-state index contributed by atoms with van der Waals surface area (Å²) in [6, 6.07) is 0. The molecule has 0 aliphatic rings. The fourth-order valence-electron chi connectivity index (χ4n) is 1.95. The topological polar surface area (TPSA) is 47.6 Å². The van der Waals surface area contributed by atoms with Crippen molar-refractivity contribution in [3.8, 4) is 0 Å². The van der Waals surface area contributed by atoms with Gasteiger partial charge in [-0.1, -0.05) is 33.1 Å². The van der Waals surface area contributed by atoms with E-state index in [1.807, 2.05) is 20.8 Å². The Labute approximate surface area is 118 Å². The van der Waals surface area contributed by atoms with Gasteiger partial charge in [-0.15, -0.1) is 0 Å². The summed E-state index contributed by atoms with van der Waals surface area (Å²) in [6.07, 6.45) is 5.47. The molecule has 0 aliphatic heterocycles. The molecule has 0 fully saturated rings. The summed E-state index contributed by atoms with van der Waals surface area (Å²) in [5, 5.41) is 3.20. The van der Waals surface area contributed by atoms with Gasteiger partial charge in [0, 0.05) is 13.2 Å². The highest BCUT2D eigenvalue weighted by Gasteiger charge is 2.33. The number of hydrogen-bond donors (Lipinski definition) is 1. The summed E-state index contributed by atoms with van der Waals surface area (Å²) in [5.74, 6) is -0.188. The van der Waals surface area contributed by atoms with Crippen LogP contribution in [0.3, 0.4) is 0 Å². The predicted octanol–water partition coefficient (Wildman–Crippen LogP) is 2.90. The molecular formula is C15H31NO3. The van der Waals surface area contributed by atoms with Crippen LogP contribution in [0.2, 0.25) is 0 Å². The van der Waals surface area contributed by atoms with Crippen molar-refractivity contribution in [1.82, 2.24) is 5.32 Å². The Balaban J connectivity index is 3.90. The molecule has 4 heteroatoms. The van der Waals surface area contributed by atoms with Gasteiger partial charge in [-0.25, -0.2) is 0 Å². The van der Waals surface area contributed by atoms with Gasteiger partial charge in [0.25, 0.3) is 0 Å². The first kappa shape index (κ1) is 18.4. The molecule has 0 saturated carbocycles. The number of ether oxygens (including phenoxy) is 2. The van der Waals surface area contributed by atoms with Crippen LogP contribution in [0.5, 0.6) is 0 Å². The molecule has 0 rings (SSSR count). The van der Waals surface area contributed by atoms with Crippen molar-refractivity contribution < 1.29 is 14.3 Å². The van der Waals surface area contributed by atoms with Gasteiger partial charge >= 0.3 is 5.97 Å². The van der Waals surface area contributed by atoms with Crippen LogP contribution in [0, 0.1) is 0 Å². The molecule has 114 valence electrons. The first-order valence-electron chi connectivity index (χ1n) is 7.60. The first-order valence-corrected chi connectivity index (χ1v) is 7.60. The lowest BCUT2D eigenvalue weighted by molar-refractivity contribution is -0.151. The van der Waals surface area contributed by atoms with Crippen molar-refractivity contribution in [2.24, 2.45) is 0 Å². The smallest absolute Gasteiger partial charge is 0.326 e. The molecule has 0 radical (unpaired) electrons. The van der Waals surface area contributed by atoms with Crippen LogP contribution in [0.4, 0.5) is 0 Å². The highest BCUT2D eigenvalue weighted by atomic mass is 16.5. The summed E-state index contributed by atoms with van der Waals surface area (Å²) in [6.45, 7) is 10.4. The zero-order chi connectivity index (χ0) is 14.6. The van der Waals surface area contributed by atoms with Crippen LogP contribution in [-0.4, -0.2) is 37.9 Å². The van der Waals surface area contributed by atoms with Crippen molar-refractivity contribution in [3.05, 3.63) is 0 Å². The number of unbranched alkanes of at least 4 members (excludes halogenated alkanes) is 3. The van der Waals surface area contributed by atoms with Gasteiger partial charge in [-0.3, -0.25) is 4.79 Å². The van der Waals surface area contributed by atoms with Crippen LogP contribution in [-0.2, 0) is 14.3 Å². The fourth-order valence-corrected chi connectivity index (χ4v) is 1.95. The number of carbonyl (C=O) groups is 1. The third kappa shape index (κ3) is 8.22. The van der Waals surface area contributed by atoms with E-state index in [1.165, 1.54) is 19.3 Å². The fraction of sp³-hybridized carbons (Fsp3) is 0.933. The second-order valence-electron chi connectivity index (χ2n) is 5.01. The zero-order valence-corrected chi connectivity index (χ0v) is 13.1. The number of hydrogen-bond acceptors (Lipinski definition) is 4. The molecule has 0 amide bonds. The third-order valence-electron chi connectivity index (χ3n) is 3.18. The van der Waals surface area contributed by atoms with Gasteiger partial charge in [0.15, 0.2) is 0 Å². The number of likely N-dealkylation sites (N-methyl/N-ethyl adjacent to an activating group) is 1. The third-order valence-corrected chi connectivity index (χ3v) is 3.18. The summed E-state index contributed by atoms with van der Waals surface area (Å²) in [7, 11) is 0. The van der Waals surface area contributed by atoms with E-state index in [0.29, 0.717) is 19.6 Å². The SMILES string of the molecule is CCCCCCOCCC(C)(NCC)C(=O)OCC. The Bertz CT molecular complexity index is 233. The Morgan fingerprint density at radius 1 is 1.11 bits per heavy atom. The number of carbonyl (C=O) groups excluding carboxylic acids is 1. The summed E-state index contributed by atoms with van der Waals surface area (Å²) in [5.41, 5.74) is -0.631. The van der Waals surface area contributed by atoms with Crippen LogP contribution >= 0.6 is 0 Å². The lowest BCUT2D eigenvalue weighted by atomic mass is 9.98. The Morgan fingerprint density at radius 3 is 2.42 bits per heavy atom. The minimum absolute atomic E-state index is 0.188. The normalized spacial score (nSPS) is 14.1. The van der Waals surface area contributed by atoms with Gasteiger partial charge in [-0.05, 0) is 33.2 Å². The van der Waals surface area contributed by atoms with E-state index in [2.05, 4.69) is 12.2 Å². The van der Waals surface area contributed by atoms with Gasteiger partial charge in [0.2, 0.25) is 0 Å². The maximum atomic E-state index is 11.9. The second-order valence-corrected chi connectivity index (χ2v) is 5.01. The van der Waals surface area contributed by atoms with Crippen LogP contribution in [0.1, 0.15) is 59.8 Å². The van der Waals surface area contributed by atoms with Crippen molar-refractivity contribution in [2.45, 2.75) is 65.3 Å². The highest BCUT2D eigenvalue weighted by Crippen LogP contribution is 2.12. The van der Waals surface area contributed by atoms with Crippen molar-refractivity contribution in [1.29, 1.82) is 0 Å². The van der Waals surface area contributed by atoms with Crippen LogP contribution < -0.4 is 5.32 Å². The highest BCUT2D eigenvalue weighted by molar-refractivity contribution is 5.80. The van der Waals surface area contributed by atoms with Crippen LogP contribution in [0.25, 0.3) is 0 Å². The molecule has 0 aromatic rings. The molecule has 4 nitrogen and oxygen atoms in total. The minimum Gasteiger partial charge on any atom is -0.465 e. The molecule has 1 unspecified atom stereocenters. The van der Waals surface area contributed by atoms with Crippen molar-refractivity contribution in [2.75, 3.05) is 26.4 Å². The zero-order valence-electron chi connectivity index (χ0n) is 13.1. The van der Waals surface area contributed by atoms with E-state index < -0.39 is 5.54 Å². The maximum absolute atomic E-state index is 11.9. The molecule has 0 aromatic heterocycles. The van der Waals surface area contributed by atoms with E-state index in [1.54, 1.807) is 0 Å². The van der Waals surface area contributed by atoms with Gasteiger partial charge in [0.05, 0.1) is 6.61 Å². The molecule has 0 bridgehead atoms. The quantitative estimate of drug-likeness (QED) is 0.439. The molecule has 0 aliphatic carbocycles. The summed E-state index contributed by atoms with van der Waals surface area (Å²) < 4.78 is 10.7. The number of rotatable bonds is 12. The van der Waals surface area contributed by atoms with E-state index >= 15 is 0 Å². The van der Waals surface area contributed by atoms with Gasteiger partial charge < -0.3 is 14.8 Å². The van der Waals surface area contributed by atoms with Crippen LogP contribution in [0.15, 0.2) is 0 Å². The Hall–Kier alpha value is -0.610. The summed E-state index contributed by atoms with van der Waals surface area (Å²) >= 11 is 0. The molecule has 0 heterocycles. The average Bonchev–Trinajstić information content (AvgIpc) is 2.38. The number of esters is 1. The Kier molecular flexibility index (Phi) is 10.9. The molecular weight excluding hydrogens is 242 g/mol. The standard InChI is InChI=1S/C15H31NO3/c1-5-8-9-10-12-18-13-11-15(4,16-6-2)14(17)19-7-3/h16H,5-13H2,1-4H3.